The molecule has 1 fully saturated rings. The fourth-order valence-corrected chi connectivity index (χ4v) is 3.81. The molecule has 0 aliphatic carbocycles. The van der Waals surface area contributed by atoms with Crippen LogP contribution >= 0.6 is 31.9 Å². The van der Waals surface area contributed by atoms with Gasteiger partial charge in [-0.05, 0) is 86.8 Å². The average molecular weight is 510 g/mol. The molecule has 0 aromatic heterocycles. The lowest BCUT2D eigenvalue weighted by Gasteiger charge is -2.26. The van der Waals surface area contributed by atoms with Crippen LogP contribution < -0.4 is 15.0 Å². The summed E-state index contributed by atoms with van der Waals surface area (Å²) in [5.74, 6) is -0.953. The molecule has 2 aromatic carbocycles. The molecule has 4 amide bonds. The van der Waals surface area contributed by atoms with E-state index in [1.54, 1.807) is 36.4 Å². The van der Waals surface area contributed by atoms with Crippen molar-refractivity contribution in [1.29, 1.82) is 0 Å². The zero-order valence-corrected chi connectivity index (χ0v) is 17.7. The van der Waals surface area contributed by atoms with Gasteiger partial charge < -0.3 is 9.84 Å². The smallest absolute Gasteiger partial charge is 0.335 e. The Bertz CT molecular complexity index is 979. The van der Waals surface area contributed by atoms with E-state index in [9.17, 15) is 19.5 Å². The number of nitrogens with one attached hydrogen (secondary N) is 1. The summed E-state index contributed by atoms with van der Waals surface area (Å²) in [7, 11) is 0. The topological polar surface area (TPSA) is 95.9 Å². The van der Waals surface area contributed by atoms with E-state index in [2.05, 4.69) is 37.2 Å². The molecule has 0 unspecified atom stereocenters. The Balaban J connectivity index is 1.98. The molecule has 0 radical (unpaired) electrons. The van der Waals surface area contributed by atoms with Gasteiger partial charge in [-0.1, -0.05) is 0 Å². The molecule has 2 aromatic rings. The van der Waals surface area contributed by atoms with Gasteiger partial charge in [0.15, 0.2) is 0 Å². The number of urea groups is 1. The molecule has 7 nitrogen and oxygen atoms in total. The molecule has 3 rings (SSSR count). The minimum absolute atomic E-state index is 0.00670. The molecule has 9 heteroatoms. The fraction of sp³-hybridized carbons (Fsp3) is 0.105. The molecule has 2 N–H and O–H groups in total. The third kappa shape index (κ3) is 3.95. The highest BCUT2D eigenvalue weighted by Gasteiger charge is 2.36. The van der Waals surface area contributed by atoms with Gasteiger partial charge in [-0.25, -0.2) is 9.69 Å². The molecule has 0 bridgehead atoms. The number of hydrogen-bond donors (Lipinski definition) is 2. The van der Waals surface area contributed by atoms with Crippen molar-refractivity contribution in [3.8, 4) is 11.5 Å². The average Bonchev–Trinajstić information content (AvgIpc) is 2.64. The van der Waals surface area contributed by atoms with Crippen LogP contribution in [0.2, 0.25) is 0 Å². The van der Waals surface area contributed by atoms with Crippen LogP contribution in [-0.2, 0) is 9.59 Å². The number of imide groups is 2. The van der Waals surface area contributed by atoms with Gasteiger partial charge in [0.25, 0.3) is 11.8 Å². The summed E-state index contributed by atoms with van der Waals surface area (Å²) in [6.07, 6.45) is 1.35. The van der Waals surface area contributed by atoms with Crippen LogP contribution in [0.5, 0.6) is 11.5 Å². The van der Waals surface area contributed by atoms with E-state index in [0.29, 0.717) is 32.6 Å². The van der Waals surface area contributed by atoms with Crippen LogP contribution in [0.1, 0.15) is 12.5 Å². The van der Waals surface area contributed by atoms with Crippen molar-refractivity contribution in [3.63, 3.8) is 0 Å². The number of benzene rings is 2. The first-order chi connectivity index (χ1) is 13.3. The third-order valence-corrected chi connectivity index (χ3v) is 5.07. The number of amides is 4. The largest absolute Gasteiger partial charge is 0.506 e. The van der Waals surface area contributed by atoms with Crippen molar-refractivity contribution in [2.24, 2.45) is 0 Å². The molecular formula is C19H14Br2N2O5. The third-order valence-electron chi connectivity index (χ3n) is 3.86. The zero-order valence-electron chi connectivity index (χ0n) is 14.5. The zero-order chi connectivity index (χ0) is 20.4. The Kier molecular flexibility index (Phi) is 5.85. The standard InChI is InChI=1S/C19H14Br2N2O5/c1-2-28-12-5-3-11(4-6-12)23-18(26)13(17(25)22-19(23)27)7-10-8-14(20)16(24)15(21)9-10/h3-9,24H,2H2,1H3,(H,22,25,27). The van der Waals surface area contributed by atoms with Crippen LogP contribution in [-0.4, -0.2) is 29.6 Å². The number of barbiturate groups is 1. The maximum Gasteiger partial charge on any atom is 0.335 e. The summed E-state index contributed by atoms with van der Waals surface area (Å²) in [5, 5.41) is 12.0. The van der Waals surface area contributed by atoms with Gasteiger partial charge in [0.05, 0.1) is 21.2 Å². The first-order valence-corrected chi connectivity index (χ1v) is 9.72. The van der Waals surface area contributed by atoms with Crippen molar-refractivity contribution < 1.29 is 24.2 Å². The second-order valence-electron chi connectivity index (χ2n) is 5.72. The van der Waals surface area contributed by atoms with Crippen LogP contribution in [0.25, 0.3) is 6.08 Å². The summed E-state index contributed by atoms with van der Waals surface area (Å²) >= 11 is 6.40. The highest BCUT2D eigenvalue weighted by atomic mass is 79.9. The lowest BCUT2D eigenvalue weighted by molar-refractivity contribution is -0.122. The van der Waals surface area contributed by atoms with Crippen LogP contribution in [0.15, 0.2) is 50.9 Å². The van der Waals surface area contributed by atoms with E-state index < -0.39 is 17.8 Å². The van der Waals surface area contributed by atoms with E-state index in [0.717, 1.165) is 4.90 Å². The molecule has 1 aliphatic heterocycles. The summed E-state index contributed by atoms with van der Waals surface area (Å²) in [6.45, 7) is 2.33. The molecule has 0 spiro atoms. The lowest BCUT2D eigenvalue weighted by atomic mass is 10.1. The van der Waals surface area contributed by atoms with Crippen molar-refractivity contribution in [1.82, 2.24) is 5.32 Å². The number of carbonyl (C=O) groups is 3. The maximum absolute atomic E-state index is 12.9. The second-order valence-corrected chi connectivity index (χ2v) is 7.43. The molecule has 144 valence electrons. The highest BCUT2D eigenvalue weighted by molar-refractivity contribution is 9.11. The molecule has 0 saturated carbocycles. The van der Waals surface area contributed by atoms with Gasteiger partial charge in [0, 0.05) is 0 Å². The number of carbonyl (C=O) groups excluding carboxylic acids is 3. The summed E-state index contributed by atoms with van der Waals surface area (Å²) in [5.41, 5.74) is 0.575. The van der Waals surface area contributed by atoms with E-state index in [-0.39, 0.29) is 11.3 Å². The Hall–Kier alpha value is -2.65. The number of halogens is 2. The SMILES string of the molecule is CCOc1ccc(N2C(=O)NC(=O)C(=Cc3cc(Br)c(O)c(Br)c3)C2=O)cc1. The maximum atomic E-state index is 12.9. The van der Waals surface area contributed by atoms with E-state index in [1.807, 2.05) is 6.92 Å². The van der Waals surface area contributed by atoms with Gasteiger partial charge in [0.2, 0.25) is 0 Å². The fourth-order valence-electron chi connectivity index (χ4n) is 2.59. The predicted molar refractivity (Wildman–Crippen MR) is 110 cm³/mol. The minimum Gasteiger partial charge on any atom is -0.506 e. The van der Waals surface area contributed by atoms with E-state index >= 15 is 0 Å². The number of anilines is 1. The quantitative estimate of drug-likeness (QED) is 0.480. The van der Waals surface area contributed by atoms with Gasteiger partial charge in [-0.15, -0.1) is 0 Å². The van der Waals surface area contributed by atoms with Crippen molar-refractivity contribution in [2.75, 3.05) is 11.5 Å². The second kappa shape index (κ2) is 8.15. The molecule has 28 heavy (non-hydrogen) atoms. The number of phenolic OH excluding ortho intramolecular Hbond substituents is 1. The molecule has 1 saturated heterocycles. The van der Waals surface area contributed by atoms with Crippen LogP contribution in [0, 0.1) is 0 Å². The van der Waals surface area contributed by atoms with Gasteiger partial charge in [0.1, 0.15) is 17.1 Å². The van der Waals surface area contributed by atoms with Crippen LogP contribution in [0.4, 0.5) is 10.5 Å². The Morgan fingerprint density at radius 3 is 2.29 bits per heavy atom. The van der Waals surface area contributed by atoms with Crippen molar-refractivity contribution >= 4 is 61.5 Å². The first-order valence-electron chi connectivity index (χ1n) is 8.14. The molecular weight excluding hydrogens is 496 g/mol. The lowest BCUT2D eigenvalue weighted by Crippen LogP contribution is -2.54. The molecule has 1 aliphatic rings. The normalized spacial score (nSPS) is 15.8. The number of hydrogen-bond acceptors (Lipinski definition) is 5. The van der Waals surface area contributed by atoms with Crippen molar-refractivity contribution in [2.45, 2.75) is 6.92 Å². The minimum atomic E-state index is -0.829. The summed E-state index contributed by atoms with van der Waals surface area (Å²) in [6, 6.07) is 8.65. The highest BCUT2D eigenvalue weighted by Crippen LogP contribution is 2.34. The Morgan fingerprint density at radius 2 is 1.71 bits per heavy atom. The Labute approximate surface area is 177 Å². The van der Waals surface area contributed by atoms with Gasteiger partial charge in [-0.2, -0.15) is 0 Å². The van der Waals surface area contributed by atoms with Gasteiger partial charge in [-0.3, -0.25) is 14.9 Å². The monoisotopic (exact) mass is 508 g/mol. The van der Waals surface area contributed by atoms with Crippen LogP contribution in [0.3, 0.4) is 0 Å². The number of phenols is 1. The molecule has 1 heterocycles. The number of rotatable bonds is 4. The van der Waals surface area contributed by atoms with Crippen molar-refractivity contribution in [3.05, 3.63) is 56.5 Å². The van der Waals surface area contributed by atoms with Gasteiger partial charge >= 0.3 is 6.03 Å². The summed E-state index contributed by atoms with van der Waals surface area (Å²) < 4.78 is 6.12. The Morgan fingerprint density at radius 1 is 1.11 bits per heavy atom. The summed E-state index contributed by atoms with van der Waals surface area (Å²) in [4.78, 5) is 38.2. The van der Waals surface area contributed by atoms with E-state index in [1.165, 1.54) is 6.08 Å². The number of ether oxygens (including phenoxy) is 1. The molecule has 0 atom stereocenters. The predicted octanol–water partition coefficient (Wildman–Crippen LogP) is 3.98. The first kappa shape index (κ1) is 20.1. The number of aromatic hydroxyl groups is 1. The number of nitrogens with zero attached hydrogens (tertiary/aromatic N) is 1. The van der Waals surface area contributed by atoms with E-state index in [4.69, 9.17) is 4.74 Å².